The van der Waals surface area contributed by atoms with Crippen LogP contribution in [0.15, 0.2) is 18.2 Å². The molecule has 0 saturated carbocycles. The first-order valence-corrected chi connectivity index (χ1v) is 7.34. The fourth-order valence-corrected chi connectivity index (χ4v) is 2.61. The molecule has 1 aromatic carbocycles. The van der Waals surface area contributed by atoms with Crippen molar-refractivity contribution in [1.29, 1.82) is 0 Å². The molecule has 0 atom stereocenters. The zero-order chi connectivity index (χ0) is 15.3. The molecule has 4 nitrogen and oxygen atoms in total. The number of hydrogen-bond acceptors (Lipinski definition) is 3. The van der Waals surface area contributed by atoms with E-state index in [0.717, 1.165) is 12.1 Å². The van der Waals surface area contributed by atoms with E-state index in [-0.39, 0.29) is 5.69 Å². The summed E-state index contributed by atoms with van der Waals surface area (Å²) in [7, 11) is 0. The predicted molar refractivity (Wildman–Crippen MR) is 83.0 cm³/mol. The summed E-state index contributed by atoms with van der Waals surface area (Å²) in [5.41, 5.74) is 0.850. The Morgan fingerprint density at radius 2 is 1.85 bits per heavy atom. The van der Waals surface area contributed by atoms with Gasteiger partial charge in [0.2, 0.25) is 0 Å². The van der Waals surface area contributed by atoms with Crippen LogP contribution in [-0.4, -0.2) is 11.5 Å². The Morgan fingerprint density at radius 1 is 1.25 bits per heavy atom. The van der Waals surface area contributed by atoms with Gasteiger partial charge >= 0.3 is 0 Å². The Kier molecular flexibility index (Phi) is 6.43. The summed E-state index contributed by atoms with van der Waals surface area (Å²) < 4.78 is 0. The molecule has 0 fully saturated rings. The Morgan fingerprint density at radius 3 is 2.35 bits per heavy atom. The molecule has 0 aliphatic heterocycles. The maximum atomic E-state index is 10.8. The topological polar surface area (TPSA) is 55.2 Å². The van der Waals surface area contributed by atoms with Gasteiger partial charge in [0, 0.05) is 23.7 Å². The highest BCUT2D eigenvalue weighted by Crippen LogP contribution is 2.23. The largest absolute Gasteiger partial charge is 0.312 e. The van der Waals surface area contributed by atoms with Crippen LogP contribution in [0.25, 0.3) is 0 Å². The Hall–Kier alpha value is -1.13. The van der Waals surface area contributed by atoms with Crippen molar-refractivity contribution in [3.8, 4) is 0 Å². The van der Waals surface area contributed by atoms with Gasteiger partial charge in [0.05, 0.1) is 4.92 Å². The smallest absolute Gasteiger partial charge is 0.269 e. The van der Waals surface area contributed by atoms with E-state index in [1.807, 2.05) is 0 Å². The zero-order valence-electron chi connectivity index (χ0n) is 12.5. The lowest BCUT2D eigenvalue weighted by atomic mass is 9.85. The van der Waals surface area contributed by atoms with Gasteiger partial charge in [0.1, 0.15) is 0 Å². The van der Waals surface area contributed by atoms with Crippen molar-refractivity contribution in [2.75, 3.05) is 6.54 Å². The maximum absolute atomic E-state index is 10.8. The summed E-state index contributed by atoms with van der Waals surface area (Å²) in [5, 5.41) is 14.7. The number of benzene rings is 1. The van der Waals surface area contributed by atoms with Crippen molar-refractivity contribution in [2.45, 2.75) is 34.2 Å². The molecule has 0 radical (unpaired) electrons. The normalized spacial score (nSPS) is 11.6. The third-order valence-electron chi connectivity index (χ3n) is 3.65. The summed E-state index contributed by atoms with van der Waals surface area (Å²) in [6.07, 6.45) is 0. The lowest BCUT2D eigenvalue weighted by Crippen LogP contribution is -2.29. The van der Waals surface area contributed by atoms with Gasteiger partial charge in [-0.2, -0.15) is 0 Å². The zero-order valence-corrected chi connectivity index (χ0v) is 13.3. The molecule has 0 amide bonds. The molecule has 112 valence electrons. The summed E-state index contributed by atoms with van der Waals surface area (Å²) in [5.74, 6) is 1.78. The second-order valence-electron chi connectivity index (χ2n) is 5.82. The van der Waals surface area contributed by atoms with E-state index in [4.69, 9.17) is 11.6 Å². The molecule has 1 aromatic rings. The van der Waals surface area contributed by atoms with Crippen molar-refractivity contribution in [1.82, 2.24) is 5.32 Å². The minimum atomic E-state index is -0.398. The number of nitro groups is 1. The number of nitrogens with zero attached hydrogens (tertiary/aromatic N) is 1. The van der Waals surface area contributed by atoms with Crippen LogP contribution < -0.4 is 5.32 Å². The van der Waals surface area contributed by atoms with Crippen LogP contribution in [0.1, 0.15) is 33.3 Å². The molecule has 0 bridgehead atoms. The van der Waals surface area contributed by atoms with Crippen LogP contribution in [0.4, 0.5) is 5.69 Å². The van der Waals surface area contributed by atoms with Gasteiger partial charge in [-0.3, -0.25) is 10.1 Å². The second-order valence-corrected chi connectivity index (χ2v) is 6.22. The molecule has 0 spiro atoms. The molecule has 0 aliphatic rings. The molecular formula is C15H23ClN2O2. The van der Waals surface area contributed by atoms with Crippen molar-refractivity contribution >= 4 is 17.3 Å². The van der Waals surface area contributed by atoms with Crippen LogP contribution in [0, 0.1) is 27.9 Å². The highest BCUT2D eigenvalue weighted by atomic mass is 35.5. The van der Waals surface area contributed by atoms with Gasteiger partial charge in [-0.25, -0.2) is 0 Å². The Bertz CT molecular complexity index is 453. The van der Waals surface area contributed by atoms with Crippen molar-refractivity contribution < 1.29 is 4.92 Å². The van der Waals surface area contributed by atoms with Gasteiger partial charge in [-0.05, 0) is 35.9 Å². The fourth-order valence-electron chi connectivity index (χ4n) is 2.42. The van der Waals surface area contributed by atoms with Gasteiger partial charge in [-0.15, -0.1) is 0 Å². The average molecular weight is 299 g/mol. The van der Waals surface area contributed by atoms with Crippen LogP contribution in [0.3, 0.4) is 0 Å². The first-order valence-electron chi connectivity index (χ1n) is 6.96. The quantitative estimate of drug-likeness (QED) is 0.604. The van der Waals surface area contributed by atoms with E-state index in [1.165, 1.54) is 12.1 Å². The van der Waals surface area contributed by atoms with Crippen molar-refractivity contribution in [2.24, 2.45) is 17.8 Å². The van der Waals surface area contributed by atoms with Gasteiger partial charge < -0.3 is 5.32 Å². The van der Waals surface area contributed by atoms with Crippen molar-refractivity contribution in [3.63, 3.8) is 0 Å². The molecule has 5 heteroatoms. The number of hydrogen-bond donors (Lipinski definition) is 1. The summed E-state index contributed by atoms with van der Waals surface area (Å²) in [6.45, 7) is 10.3. The molecular weight excluding hydrogens is 276 g/mol. The standard InChI is InChI=1S/C15H23ClN2O2/c1-10(2)14(11(3)4)9-17-8-12-7-13(18(19)20)5-6-15(12)16/h5-7,10-11,14,17H,8-9H2,1-4H3. The monoisotopic (exact) mass is 298 g/mol. The molecule has 0 aromatic heterocycles. The average Bonchev–Trinajstić information content (AvgIpc) is 2.35. The van der Waals surface area contributed by atoms with E-state index in [1.54, 1.807) is 6.07 Å². The SMILES string of the molecule is CC(C)C(CNCc1cc([N+](=O)[O-])ccc1Cl)C(C)C. The molecule has 0 saturated heterocycles. The van der Waals surface area contributed by atoms with Crippen LogP contribution in [0.5, 0.6) is 0 Å². The molecule has 0 aliphatic carbocycles. The molecule has 0 heterocycles. The van der Waals surface area contributed by atoms with Gasteiger partial charge in [0.25, 0.3) is 5.69 Å². The second kappa shape index (κ2) is 7.60. The first-order chi connectivity index (χ1) is 9.32. The lowest BCUT2D eigenvalue weighted by Gasteiger charge is -2.25. The maximum Gasteiger partial charge on any atom is 0.269 e. The first kappa shape index (κ1) is 16.9. The van der Waals surface area contributed by atoms with Crippen LogP contribution >= 0.6 is 11.6 Å². The number of non-ortho nitro benzene ring substituents is 1. The highest BCUT2D eigenvalue weighted by Gasteiger charge is 2.17. The summed E-state index contributed by atoms with van der Waals surface area (Å²) in [4.78, 5) is 10.4. The lowest BCUT2D eigenvalue weighted by molar-refractivity contribution is -0.384. The third-order valence-corrected chi connectivity index (χ3v) is 4.02. The van der Waals surface area contributed by atoms with Crippen LogP contribution in [-0.2, 0) is 6.54 Å². The Labute approximate surface area is 125 Å². The molecule has 0 unspecified atom stereocenters. The van der Waals surface area contributed by atoms with E-state index in [2.05, 4.69) is 33.0 Å². The van der Waals surface area contributed by atoms with Gasteiger partial charge in [-0.1, -0.05) is 39.3 Å². The van der Waals surface area contributed by atoms with E-state index in [0.29, 0.717) is 29.3 Å². The number of halogens is 1. The predicted octanol–water partition coefficient (Wildman–Crippen LogP) is 4.27. The number of nitrogens with one attached hydrogen (secondary N) is 1. The highest BCUT2D eigenvalue weighted by molar-refractivity contribution is 6.31. The summed E-state index contributed by atoms with van der Waals surface area (Å²) >= 11 is 6.08. The minimum absolute atomic E-state index is 0.0791. The van der Waals surface area contributed by atoms with Crippen molar-refractivity contribution in [3.05, 3.63) is 38.9 Å². The summed E-state index contributed by atoms with van der Waals surface area (Å²) in [6, 6.07) is 4.55. The van der Waals surface area contributed by atoms with E-state index < -0.39 is 4.92 Å². The number of rotatable bonds is 7. The fraction of sp³-hybridized carbons (Fsp3) is 0.600. The van der Waals surface area contributed by atoms with E-state index in [9.17, 15) is 10.1 Å². The minimum Gasteiger partial charge on any atom is -0.312 e. The van der Waals surface area contributed by atoms with Crippen LogP contribution in [0.2, 0.25) is 5.02 Å². The van der Waals surface area contributed by atoms with Gasteiger partial charge in [0.15, 0.2) is 0 Å². The molecule has 20 heavy (non-hydrogen) atoms. The third kappa shape index (κ3) is 4.76. The van der Waals surface area contributed by atoms with E-state index >= 15 is 0 Å². The molecule has 1 N–H and O–H groups in total. The number of nitro benzene ring substituents is 1. The Balaban J connectivity index is 2.65. The molecule has 1 rings (SSSR count).